The van der Waals surface area contributed by atoms with Gasteiger partial charge in [0.1, 0.15) is 29.1 Å². The van der Waals surface area contributed by atoms with Crippen LogP contribution in [0.3, 0.4) is 0 Å². The van der Waals surface area contributed by atoms with Crippen molar-refractivity contribution in [2.24, 2.45) is 0 Å². The van der Waals surface area contributed by atoms with E-state index in [-0.39, 0.29) is 17.4 Å². The largest absolute Gasteiger partial charge is 0.507 e. The fourth-order valence-electron chi connectivity index (χ4n) is 5.13. The molecule has 0 spiro atoms. The maximum atomic E-state index is 13.6. The molecule has 1 amide bonds. The van der Waals surface area contributed by atoms with Crippen LogP contribution in [0, 0.1) is 0 Å². The van der Waals surface area contributed by atoms with E-state index in [0.29, 0.717) is 46.3 Å². The molecule has 1 fully saturated rings. The van der Waals surface area contributed by atoms with Gasteiger partial charge in [-0.2, -0.15) is 0 Å². The first-order valence-corrected chi connectivity index (χ1v) is 13.5. The number of amides is 1. The Balaban J connectivity index is 1.52. The molecule has 2 aliphatic rings. The molecule has 0 aliphatic carbocycles. The summed E-state index contributed by atoms with van der Waals surface area (Å²) in [6.07, 6.45) is 0.724. The zero-order valence-electron chi connectivity index (χ0n) is 21.6. The van der Waals surface area contributed by atoms with Gasteiger partial charge in [0.2, 0.25) is 0 Å². The lowest BCUT2D eigenvalue weighted by Crippen LogP contribution is -2.29. The molecule has 3 aromatic carbocycles. The van der Waals surface area contributed by atoms with Crippen molar-refractivity contribution in [2.45, 2.75) is 32.4 Å². The molecule has 1 saturated heterocycles. The summed E-state index contributed by atoms with van der Waals surface area (Å²) >= 11 is 1.28. The van der Waals surface area contributed by atoms with Gasteiger partial charge in [0, 0.05) is 12.0 Å². The second-order valence-corrected chi connectivity index (χ2v) is 10.5. The number of carbonyl (C=O) groups is 2. The summed E-state index contributed by atoms with van der Waals surface area (Å²) < 4.78 is 17.7. The number of methoxy groups -OCH3 is 1. The first kappa shape index (κ1) is 24.9. The molecular formula is C30H26N2O6S. The minimum absolute atomic E-state index is 0.00516. The molecular weight excluding hydrogens is 516 g/mol. The number of aliphatic hydroxyl groups excluding tert-OH is 1. The van der Waals surface area contributed by atoms with Crippen molar-refractivity contribution >= 4 is 44.1 Å². The Bertz CT molecular complexity index is 1660. The molecule has 9 heteroatoms. The van der Waals surface area contributed by atoms with E-state index in [1.807, 2.05) is 38.1 Å². The number of hydrogen-bond donors (Lipinski definition) is 1. The standard InChI is InChI=1S/C30H26N2O6S/c1-4-37-21-9-10-22-24(15-21)39-30(31-22)32-26(17-6-5-7-20(14-17)36-3)25(28(34)29(32)35)27(33)18-8-11-23-19(13-18)12-16(2)38-23/h5-11,13-16,26,33H,4,12H2,1-3H3. The highest BCUT2D eigenvalue weighted by Gasteiger charge is 2.48. The van der Waals surface area contributed by atoms with Crippen LogP contribution in [0.15, 0.2) is 66.2 Å². The van der Waals surface area contributed by atoms with Crippen LogP contribution in [0.5, 0.6) is 17.2 Å². The van der Waals surface area contributed by atoms with Crippen molar-refractivity contribution in [1.29, 1.82) is 0 Å². The smallest absolute Gasteiger partial charge is 0.301 e. The second kappa shape index (κ2) is 9.74. The Morgan fingerprint density at radius 1 is 1.13 bits per heavy atom. The van der Waals surface area contributed by atoms with Crippen LogP contribution in [-0.4, -0.2) is 41.6 Å². The zero-order chi connectivity index (χ0) is 27.3. The van der Waals surface area contributed by atoms with E-state index in [2.05, 4.69) is 4.98 Å². The van der Waals surface area contributed by atoms with Crippen molar-refractivity contribution in [3.8, 4) is 17.2 Å². The third kappa shape index (κ3) is 4.28. The van der Waals surface area contributed by atoms with Gasteiger partial charge in [0.15, 0.2) is 5.13 Å². The highest BCUT2D eigenvalue weighted by atomic mass is 32.1. The van der Waals surface area contributed by atoms with Crippen molar-refractivity contribution < 1.29 is 28.9 Å². The van der Waals surface area contributed by atoms with Gasteiger partial charge in [0.05, 0.1) is 35.5 Å². The van der Waals surface area contributed by atoms with Crippen LogP contribution in [0.4, 0.5) is 5.13 Å². The van der Waals surface area contributed by atoms with Gasteiger partial charge in [-0.25, -0.2) is 4.98 Å². The number of benzene rings is 3. The average Bonchev–Trinajstić information content (AvgIpc) is 3.60. The highest BCUT2D eigenvalue weighted by Crippen LogP contribution is 2.45. The number of nitrogens with zero attached hydrogens (tertiary/aromatic N) is 2. The summed E-state index contributed by atoms with van der Waals surface area (Å²) in [7, 11) is 1.55. The predicted molar refractivity (Wildman–Crippen MR) is 149 cm³/mol. The van der Waals surface area contributed by atoms with Crippen LogP contribution >= 0.6 is 11.3 Å². The molecule has 39 heavy (non-hydrogen) atoms. The van der Waals surface area contributed by atoms with Gasteiger partial charge in [0.25, 0.3) is 5.78 Å². The monoisotopic (exact) mass is 542 g/mol. The predicted octanol–water partition coefficient (Wildman–Crippen LogP) is 5.65. The molecule has 3 heterocycles. The molecule has 8 nitrogen and oxygen atoms in total. The third-order valence-corrected chi connectivity index (χ3v) is 7.91. The molecule has 1 N–H and O–H groups in total. The first-order chi connectivity index (χ1) is 18.9. The van der Waals surface area contributed by atoms with Crippen molar-refractivity contribution in [1.82, 2.24) is 4.98 Å². The number of rotatable bonds is 6. The van der Waals surface area contributed by atoms with Crippen LogP contribution in [-0.2, 0) is 16.0 Å². The fourth-order valence-corrected chi connectivity index (χ4v) is 6.15. The number of thiazole rings is 1. The Labute approximate surface area is 229 Å². The molecule has 1 aromatic heterocycles. The lowest BCUT2D eigenvalue weighted by Gasteiger charge is -2.23. The number of hydrogen-bond acceptors (Lipinski definition) is 8. The number of ether oxygens (including phenoxy) is 3. The Morgan fingerprint density at radius 3 is 2.77 bits per heavy atom. The molecule has 198 valence electrons. The number of anilines is 1. The van der Waals surface area contributed by atoms with E-state index in [1.165, 1.54) is 16.2 Å². The fraction of sp³-hybridized carbons (Fsp3) is 0.233. The molecule has 2 aliphatic heterocycles. The number of carbonyl (C=O) groups excluding carboxylic acids is 2. The average molecular weight is 543 g/mol. The molecule has 0 bridgehead atoms. The summed E-state index contributed by atoms with van der Waals surface area (Å²) in [5, 5.41) is 11.9. The maximum Gasteiger partial charge on any atom is 0.301 e. The van der Waals surface area contributed by atoms with Crippen LogP contribution in [0.25, 0.3) is 16.0 Å². The highest BCUT2D eigenvalue weighted by molar-refractivity contribution is 7.22. The van der Waals surface area contributed by atoms with Crippen molar-refractivity contribution in [3.05, 3.63) is 82.9 Å². The SMILES string of the molecule is CCOc1ccc2nc(N3C(=O)C(=O)C(=C(O)c4ccc5c(c4)CC(C)O5)C3c3cccc(OC)c3)sc2c1. The summed E-state index contributed by atoms with van der Waals surface area (Å²) in [4.78, 5) is 33.2. The van der Waals surface area contributed by atoms with Crippen LogP contribution in [0.2, 0.25) is 0 Å². The number of fused-ring (bicyclic) bond motifs is 2. The number of aromatic nitrogens is 1. The van der Waals surface area contributed by atoms with Crippen molar-refractivity contribution in [2.75, 3.05) is 18.6 Å². The minimum atomic E-state index is -0.907. The lowest BCUT2D eigenvalue weighted by atomic mass is 9.94. The summed E-state index contributed by atoms with van der Waals surface area (Å²) in [5.41, 5.74) is 2.67. The quantitative estimate of drug-likeness (QED) is 0.191. The minimum Gasteiger partial charge on any atom is -0.507 e. The Kier molecular flexibility index (Phi) is 6.23. The number of Topliss-reactive ketones (excluding diaryl/α,β-unsaturated/α-hetero) is 1. The number of ketones is 1. The van der Waals surface area contributed by atoms with E-state index in [9.17, 15) is 14.7 Å². The second-order valence-electron chi connectivity index (χ2n) is 9.46. The summed E-state index contributed by atoms with van der Waals surface area (Å²) in [6, 6.07) is 17.0. The zero-order valence-corrected chi connectivity index (χ0v) is 22.5. The maximum absolute atomic E-state index is 13.6. The van der Waals surface area contributed by atoms with Gasteiger partial charge in [-0.1, -0.05) is 23.5 Å². The van der Waals surface area contributed by atoms with E-state index >= 15 is 0 Å². The van der Waals surface area contributed by atoms with Crippen molar-refractivity contribution in [3.63, 3.8) is 0 Å². The van der Waals surface area contributed by atoms with Gasteiger partial charge >= 0.3 is 5.91 Å². The molecule has 0 saturated carbocycles. The van der Waals surface area contributed by atoms with E-state index in [1.54, 1.807) is 43.5 Å². The summed E-state index contributed by atoms with van der Waals surface area (Å²) in [5.74, 6) is 0.232. The Morgan fingerprint density at radius 2 is 1.97 bits per heavy atom. The normalized spacial score (nSPS) is 19.8. The molecule has 2 atom stereocenters. The topological polar surface area (TPSA) is 98.2 Å². The first-order valence-electron chi connectivity index (χ1n) is 12.7. The van der Waals surface area contributed by atoms with Crippen LogP contribution in [0.1, 0.15) is 36.6 Å². The van der Waals surface area contributed by atoms with Gasteiger partial charge in [-0.3, -0.25) is 14.5 Å². The van der Waals surface area contributed by atoms with E-state index in [0.717, 1.165) is 16.0 Å². The van der Waals surface area contributed by atoms with Gasteiger partial charge in [-0.05, 0) is 73.5 Å². The summed E-state index contributed by atoms with van der Waals surface area (Å²) in [6.45, 7) is 4.41. The molecule has 6 rings (SSSR count). The molecule has 0 radical (unpaired) electrons. The van der Waals surface area contributed by atoms with Crippen LogP contribution < -0.4 is 19.1 Å². The van der Waals surface area contributed by atoms with Gasteiger partial charge in [-0.15, -0.1) is 0 Å². The Hall–Kier alpha value is -4.37. The van der Waals surface area contributed by atoms with E-state index < -0.39 is 17.7 Å². The van der Waals surface area contributed by atoms with E-state index in [4.69, 9.17) is 14.2 Å². The molecule has 4 aromatic rings. The van der Waals surface area contributed by atoms with Gasteiger partial charge < -0.3 is 19.3 Å². The third-order valence-electron chi connectivity index (χ3n) is 6.89. The number of aliphatic hydroxyl groups is 1. The lowest BCUT2D eigenvalue weighted by molar-refractivity contribution is -0.132. The molecule has 2 unspecified atom stereocenters.